The van der Waals surface area contributed by atoms with Crippen molar-refractivity contribution in [2.24, 2.45) is 0 Å². The van der Waals surface area contributed by atoms with E-state index in [0.717, 1.165) is 6.42 Å². The first-order chi connectivity index (χ1) is 8.77. The van der Waals surface area contributed by atoms with Gasteiger partial charge < -0.3 is 4.74 Å². The highest BCUT2D eigenvalue weighted by Crippen LogP contribution is 2.06. The Morgan fingerprint density at radius 3 is 2.78 bits per heavy atom. The third kappa shape index (κ3) is 5.03. The zero-order chi connectivity index (χ0) is 13.2. The van der Waals surface area contributed by atoms with Gasteiger partial charge in [-0.2, -0.15) is 0 Å². The molecule has 96 valence electrons. The Bertz CT molecular complexity index is 395. The van der Waals surface area contributed by atoms with Crippen LogP contribution in [0.15, 0.2) is 30.3 Å². The minimum Gasteiger partial charge on any atom is -0.465 e. The van der Waals surface area contributed by atoms with Crippen molar-refractivity contribution in [2.75, 3.05) is 13.2 Å². The van der Waals surface area contributed by atoms with Crippen LogP contribution in [0.5, 0.6) is 0 Å². The Hall–Kier alpha value is -1.79. The summed E-state index contributed by atoms with van der Waals surface area (Å²) >= 11 is 0. The lowest BCUT2D eigenvalue weighted by Crippen LogP contribution is -2.38. The molecule has 0 saturated carbocycles. The highest BCUT2D eigenvalue weighted by molar-refractivity contribution is 5.75. The maximum Gasteiger partial charge on any atom is 0.323 e. The first-order valence-corrected chi connectivity index (χ1v) is 6.15. The van der Waals surface area contributed by atoms with Crippen LogP contribution >= 0.6 is 0 Å². The molecule has 3 heteroatoms. The van der Waals surface area contributed by atoms with Crippen molar-refractivity contribution in [3.63, 3.8) is 0 Å². The van der Waals surface area contributed by atoms with Gasteiger partial charge in [0.2, 0.25) is 0 Å². The fourth-order valence-electron chi connectivity index (χ4n) is 1.68. The van der Waals surface area contributed by atoms with E-state index in [-0.39, 0.29) is 12.0 Å². The van der Waals surface area contributed by atoms with Gasteiger partial charge in [-0.15, -0.1) is 6.42 Å². The van der Waals surface area contributed by atoms with E-state index in [1.807, 2.05) is 30.3 Å². The van der Waals surface area contributed by atoms with Crippen LogP contribution in [0.25, 0.3) is 0 Å². The lowest BCUT2D eigenvalue weighted by Gasteiger charge is -2.15. The minimum absolute atomic E-state index is 0.233. The summed E-state index contributed by atoms with van der Waals surface area (Å²) in [5.41, 5.74) is 1.20. The number of aryl methyl sites for hydroxylation is 1. The first-order valence-electron chi connectivity index (χ1n) is 6.15. The standard InChI is InChI=1S/C15H19NO2/c1-3-12-16-14(15(17)18-4-2)11-10-13-8-6-5-7-9-13/h1,5-9,14,16H,4,10-12H2,2H3. The zero-order valence-corrected chi connectivity index (χ0v) is 10.7. The van der Waals surface area contributed by atoms with Crippen LogP contribution in [0.4, 0.5) is 0 Å². The molecule has 1 rings (SSSR count). The van der Waals surface area contributed by atoms with Crippen molar-refractivity contribution in [3.8, 4) is 12.3 Å². The Morgan fingerprint density at radius 1 is 1.44 bits per heavy atom. The van der Waals surface area contributed by atoms with Crippen molar-refractivity contribution >= 4 is 5.97 Å². The quantitative estimate of drug-likeness (QED) is 0.588. The van der Waals surface area contributed by atoms with Crippen LogP contribution in [0, 0.1) is 12.3 Å². The van der Waals surface area contributed by atoms with E-state index in [1.165, 1.54) is 5.56 Å². The SMILES string of the molecule is C#CCNC(CCc1ccccc1)C(=O)OCC. The van der Waals surface area contributed by atoms with Gasteiger partial charge in [-0.3, -0.25) is 10.1 Å². The minimum atomic E-state index is -0.332. The Morgan fingerprint density at radius 2 is 2.17 bits per heavy atom. The number of hydrogen-bond acceptors (Lipinski definition) is 3. The predicted molar refractivity (Wildman–Crippen MR) is 72.0 cm³/mol. The third-order valence-corrected chi connectivity index (χ3v) is 2.59. The fourth-order valence-corrected chi connectivity index (χ4v) is 1.68. The summed E-state index contributed by atoms with van der Waals surface area (Å²) in [6.07, 6.45) is 6.70. The molecule has 1 aromatic carbocycles. The van der Waals surface area contributed by atoms with Crippen LogP contribution in [-0.4, -0.2) is 25.2 Å². The van der Waals surface area contributed by atoms with Gasteiger partial charge in [-0.05, 0) is 25.3 Å². The molecular formula is C15H19NO2. The highest BCUT2D eigenvalue weighted by atomic mass is 16.5. The van der Waals surface area contributed by atoms with Gasteiger partial charge in [0.1, 0.15) is 6.04 Å². The number of carbonyl (C=O) groups excluding carboxylic acids is 1. The van der Waals surface area contributed by atoms with Crippen LogP contribution in [0.3, 0.4) is 0 Å². The number of nitrogens with one attached hydrogen (secondary N) is 1. The zero-order valence-electron chi connectivity index (χ0n) is 10.7. The predicted octanol–water partition coefficient (Wildman–Crippen LogP) is 1.77. The molecule has 3 nitrogen and oxygen atoms in total. The number of rotatable bonds is 7. The van der Waals surface area contributed by atoms with Crippen LogP contribution in [0.2, 0.25) is 0 Å². The molecule has 0 heterocycles. The molecule has 1 atom stereocenters. The second kappa shape index (κ2) is 8.32. The number of esters is 1. The molecule has 0 aliphatic heterocycles. The maximum absolute atomic E-state index is 11.7. The van der Waals surface area contributed by atoms with Crippen molar-refractivity contribution in [1.29, 1.82) is 0 Å². The molecule has 1 unspecified atom stereocenters. The summed E-state index contributed by atoms with van der Waals surface area (Å²) in [4.78, 5) is 11.7. The van der Waals surface area contributed by atoms with Crippen LogP contribution in [0.1, 0.15) is 18.9 Å². The maximum atomic E-state index is 11.7. The molecule has 1 aromatic rings. The Kier molecular flexibility index (Phi) is 6.60. The first kappa shape index (κ1) is 14.3. The van der Waals surface area contributed by atoms with Gasteiger partial charge in [0, 0.05) is 0 Å². The number of terminal acetylenes is 1. The van der Waals surface area contributed by atoms with Crippen LogP contribution < -0.4 is 5.32 Å². The molecule has 0 spiro atoms. The van der Waals surface area contributed by atoms with Crippen molar-refractivity contribution in [1.82, 2.24) is 5.32 Å². The monoisotopic (exact) mass is 245 g/mol. The summed E-state index contributed by atoms with van der Waals surface area (Å²) in [6.45, 7) is 2.56. The van der Waals surface area contributed by atoms with Crippen molar-refractivity contribution < 1.29 is 9.53 Å². The van der Waals surface area contributed by atoms with E-state index in [2.05, 4.69) is 11.2 Å². The molecule has 18 heavy (non-hydrogen) atoms. The number of ether oxygens (including phenoxy) is 1. The third-order valence-electron chi connectivity index (χ3n) is 2.59. The lowest BCUT2D eigenvalue weighted by atomic mass is 10.1. The second-order valence-corrected chi connectivity index (χ2v) is 3.91. The van der Waals surface area contributed by atoms with E-state index in [0.29, 0.717) is 19.6 Å². The number of hydrogen-bond donors (Lipinski definition) is 1. The van der Waals surface area contributed by atoms with E-state index in [9.17, 15) is 4.79 Å². The molecular weight excluding hydrogens is 226 g/mol. The summed E-state index contributed by atoms with van der Waals surface area (Å²) in [7, 11) is 0. The largest absolute Gasteiger partial charge is 0.465 e. The highest BCUT2D eigenvalue weighted by Gasteiger charge is 2.18. The lowest BCUT2D eigenvalue weighted by molar-refractivity contribution is -0.145. The van der Waals surface area contributed by atoms with E-state index in [1.54, 1.807) is 6.92 Å². The fraction of sp³-hybridized carbons (Fsp3) is 0.400. The average molecular weight is 245 g/mol. The van der Waals surface area contributed by atoms with Crippen molar-refractivity contribution in [3.05, 3.63) is 35.9 Å². The summed E-state index contributed by atoms with van der Waals surface area (Å²) in [5.74, 6) is 2.24. The molecule has 0 amide bonds. The Balaban J connectivity index is 2.50. The van der Waals surface area contributed by atoms with Gasteiger partial charge in [0.05, 0.1) is 13.2 Å². The molecule has 0 fully saturated rings. The van der Waals surface area contributed by atoms with Gasteiger partial charge in [0.15, 0.2) is 0 Å². The normalized spacial score (nSPS) is 11.6. The van der Waals surface area contributed by atoms with Gasteiger partial charge in [0.25, 0.3) is 0 Å². The number of carbonyl (C=O) groups is 1. The van der Waals surface area contributed by atoms with Gasteiger partial charge in [-0.1, -0.05) is 36.3 Å². The summed E-state index contributed by atoms with van der Waals surface area (Å²) < 4.78 is 5.02. The molecule has 0 bridgehead atoms. The molecule has 1 N–H and O–H groups in total. The molecule has 0 radical (unpaired) electrons. The molecule has 0 saturated heterocycles. The van der Waals surface area contributed by atoms with Gasteiger partial charge in [-0.25, -0.2) is 0 Å². The molecule has 0 aliphatic carbocycles. The molecule has 0 aromatic heterocycles. The van der Waals surface area contributed by atoms with E-state index in [4.69, 9.17) is 11.2 Å². The Labute approximate surface area is 109 Å². The van der Waals surface area contributed by atoms with Gasteiger partial charge >= 0.3 is 5.97 Å². The van der Waals surface area contributed by atoms with E-state index < -0.39 is 0 Å². The second-order valence-electron chi connectivity index (χ2n) is 3.91. The smallest absolute Gasteiger partial charge is 0.323 e. The molecule has 0 aliphatic rings. The average Bonchev–Trinajstić information content (AvgIpc) is 2.40. The number of benzene rings is 1. The van der Waals surface area contributed by atoms with E-state index >= 15 is 0 Å². The summed E-state index contributed by atoms with van der Waals surface area (Å²) in [6, 6.07) is 9.71. The summed E-state index contributed by atoms with van der Waals surface area (Å²) in [5, 5.41) is 3.01. The van der Waals surface area contributed by atoms with Crippen LogP contribution in [-0.2, 0) is 16.0 Å². The topological polar surface area (TPSA) is 38.3 Å². The van der Waals surface area contributed by atoms with Crippen molar-refractivity contribution in [2.45, 2.75) is 25.8 Å².